The number of carbonyl (C=O) groups excluding carboxylic acids is 4. The van der Waals surface area contributed by atoms with Crippen molar-refractivity contribution >= 4 is 29.4 Å². The van der Waals surface area contributed by atoms with Gasteiger partial charge >= 0.3 is 5.97 Å². The van der Waals surface area contributed by atoms with Crippen LogP contribution >= 0.6 is 0 Å². The number of nitrogens with one attached hydrogen (secondary N) is 3. The van der Waals surface area contributed by atoms with Crippen LogP contribution in [0.3, 0.4) is 0 Å². The van der Waals surface area contributed by atoms with Crippen LogP contribution in [0.15, 0.2) is 36.4 Å². The second-order valence-corrected chi connectivity index (χ2v) is 7.88. The summed E-state index contributed by atoms with van der Waals surface area (Å²) in [5, 5.41) is 7.63. The fourth-order valence-corrected chi connectivity index (χ4v) is 3.25. The SMILES string of the molecule is CCOc1ccc(C(=O)NCC(=O)OC(C)C(=O)NCC(=O)Nc2c(C)cccc2C)cc1OCC. The topological polar surface area (TPSA) is 132 Å². The highest BCUT2D eigenvalue weighted by Gasteiger charge is 2.20. The molecule has 10 heteroatoms. The summed E-state index contributed by atoms with van der Waals surface area (Å²) in [6.07, 6.45) is -1.16. The second kappa shape index (κ2) is 13.7. The summed E-state index contributed by atoms with van der Waals surface area (Å²) in [5.41, 5.74) is 2.76. The molecule has 1 unspecified atom stereocenters. The second-order valence-electron chi connectivity index (χ2n) is 7.88. The van der Waals surface area contributed by atoms with Crippen molar-refractivity contribution in [2.45, 2.75) is 40.7 Å². The van der Waals surface area contributed by atoms with Crippen LogP contribution in [0.4, 0.5) is 5.69 Å². The summed E-state index contributed by atoms with van der Waals surface area (Å²) >= 11 is 0. The Hall–Kier alpha value is -4.08. The predicted molar refractivity (Wildman–Crippen MR) is 134 cm³/mol. The molecule has 0 saturated heterocycles. The van der Waals surface area contributed by atoms with Crippen molar-refractivity contribution in [2.24, 2.45) is 0 Å². The van der Waals surface area contributed by atoms with Crippen LogP contribution in [0.5, 0.6) is 11.5 Å². The number of hydrogen-bond acceptors (Lipinski definition) is 7. The molecule has 1 atom stereocenters. The molecule has 0 aliphatic heterocycles. The number of benzene rings is 2. The van der Waals surface area contributed by atoms with Gasteiger partial charge in [-0.25, -0.2) is 0 Å². The number of rotatable bonds is 12. The third-order valence-corrected chi connectivity index (χ3v) is 5.05. The van der Waals surface area contributed by atoms with E-state index in [1.165, 1.54) is 13.0 Å². The van der Waals surface area contributed by atoms with Gasteiger partial charge < -0.3 is 30.2 Å². The fourth-order valence-electron chi connectivity index (χ4n) is 3.25. The lowest BCUT2D eigenvalue weighted by atomic mass is 10.1. The molecule has 0 bridgehead atoms. The van der Waals surface area contributed by atoms with E-state index in [9.17, 15) is 19.2 Å². The molecule has 2 rings (SSSR count). The summed E-state index contributed by atoms with van der Waals surface area (Å²) in [5.74, 6) is -1.44. The minimum atomic E-state index is -1.16. The van der Waals surface area contributed by atoms with Gasteiger partial charge in [-0.2, -0.15) is 0 Å². The van der Waals surface area contributed by atoms with Crippen LogP contribution < -0.4 is 25.4 Å². The van der Waals surface area contributed by atoms with E-state index in [1.54, 1.807) is 12.1 Å². The minimum absolute atomic E-state index is 0.274. The first kappa shape index (κ1) is 28.2. The lowest BCUT2D eigenvalue weighted by molar-refractivity contribution is -0.153. The lowest BCUT2D eigenvalue weighted by Crippen LogP contribution is -2.41. The number of ether oxygens (including phenoxy) is 3. The zero-order valence-corrected chi connectivity index (χ0v) is 21.2. The average Bonchev–Trinajstić information content (AvgIpc) is 2.84. The van der Waals surface area contributed by atoms with Gasteiger partial charge in [0.1, 0.15) is 6.54 Å². The van der Waals surface area contributed by atoms with Crippen LogP contribution in [0.2, 0.25) is 0 Å². The molecule has 0 aromatic heterocycles. The Balaban J connectivity index is 1.80. The standard InChI is InChI=1S/C26H33N3O7/c1-6-34-20-12-11-19(13-21(20)35-7-2)26(33)28-15-23(31)36-18(5)25(32)27-14-22(30)29-24-16(3)9-8-10-17(24)4/h8-13,18H,6-7,14-15H2,1-5H3,(H,27,32)(H,28,33)(H,29,30). The molecular formula is C26H33N3O7. The van der Waals surface area contributed by atoms with Crippen LogP contribution in [0.25, 0.3) is 0 Å². The summed E-state index contributed by atoms with van der Waals surface area (Å²) in [6, 6.07) is 10.3. The van der Waals surface area contributed by atoms with Gasteiger partial charge in [0, 0.05) is 11.3 Å². The number of esters is 1. The molecule has 36 heavy (non-hydrogen) atoms. The van der Waals surface area contributed by atoms with Crippen LogP contribution in [-0.4, -0.2) is 56.1 Å². The maximum Gasteiger partial charge on any atom is 0.326 e. The zero-order valence-electron chi connectivity index (χ0n) is 21.2. The van der Waals surface area contributed by atoms with Crippen molar-refractivity contribution in [3.05, 3.63) is 53.1 Å². The summed E-state index contributed by atoms with van der Waals surface area (Å²) in [7, 11) is 0. The third kappa shape index (κ3) is 8.30. The quantitative estimate of drug-likeness (QED) is 0.382. The molecule has 3 N–H and O–H groups in total. The smallest absolute Gasteiger partial charge is 0.326 e. The van der Waals surface area contributed by atoms with Crippen molar-refractivity contribution < 1.29 is 33.4 Å². The van der Waals surface area contributed by atoms with E-state index in [-0.39, 0.29) is 12.1 Å². The number of hydrogen-bond donors (Lipinski definition) is 3. The third-order valence-electron chi connectivity index (χ3n) is 5.05. The van der Waals surface area contributed by atoms with Gasteiger partial charge in [0.05, 0.1) is 19.8 Å². The lowest BCUT2D eigenvalue weighted by Gasteiger charge is -2.15. The first-order valence-corrected chi connectivity index (χ1v) is 11.7. The van der Waals surface area contributed by atoms with Gasteiger partial charge in [-0.05, 0) is 63.9 Å². The molecule has 0 aliphatic rings. The Morgan fingerprint density at radius 1 is 0.861 bits per heavy atom. The van der Waals surface area contributed by atoms with E-state index < -0.39 is 36.3 Å². The Morgan fingerprint density at radius 2 is 1.50 bits per heavy atom. The highest BCUT2D eigenvalue weighted by molar-refractivity contribution is 5.97. The predicted octanol–water partition coefficient (Wildman–Crippen LogP) is 2.52. The molecule has 0 fully saturated rings. The first-order chi connectivity index (χ1) is 17.2. The minimum Gasteiger partial charge on any atom is -0.490 e. The first-order valence-electron chi connectivity index (χ1n) is 11.7. The number of anilines is 1. The van der Waals surface area contributed by atoms with E-state index >= 15 is 0 Å². The van der Waals surface area contributed by atoms with Gasteiger partial charge in [-0.3, -0.25) is 19.2 Å². The highest BCUT2D eigenvalue weighted by atomic mass is 16.5. The number of carbonyl (C=O) groups is 4. The Labute approximate surface area is 210 Å². The zero-order chi connectivity index (χ0) is 26.7. The Morgan fingerprint density at radius 3 is 2.14 bits per heavy atom. The van der Waals surface area contributed by atoms with Gasteiger partial charge in [0.2, 0.25) is 5.91 Å². The largest absolute Gasteiger partial charge is 0.490 e. The van der Waals surface area contributed by atoms with E-state index in [4.69, 9.17) is 14.2 Å². The molecule has 2 aromatic rings. The van der Waals surface area contributed by atoms with Crippen molar-refractivity contribution in [1.29, 1.82) is 0 Å². The Bertz CT molecular complexity index is 1080. The van der Waals surface area contributed by atoms with Crippen LogP contribution in [0.1, 0.15) is 42.3 Å². The molecule has 10 nitrogen and oxygen atoms in total. The Kier molecular flexibility index (Phi) is 10.7. The van der Waals surface area contributed by atoms with Crippen molar-refractivity contribution in [1.82, 2.24) is 10.6 Å². The number of para-hydroxylation sites is 1. The maximum atomic E-state index is 12.4. The molecule has 0 saturated carbocycles. The molecule has 0 heterocycles. The molecule has 0 aliphatic carbocycles. The number of aryl methyl sites for hydroxylation is 2. The van der Waals surface area contributed by atoms with E-state index in [2.05, 4.69) is 16.0 Å². The van der Waals surface area contributed by atoms with Crippen molar-refractivity contribution in [2.75, 3.05) is 31.6 Å². The van der Waals surface area contributed by atoms with Crippen molar-refractivity contribution in [3.63, 3.8) is 0 Å². The number of amides is 3. The van der Waals surface area contributed by atoms with E-state index in [0.29, 0.717) is 30.4 Å². The highest BCUT2D eigenvalue weighted by Crippen LogP contribution is 2.28. The van der Waals surface area contributed by atoms with E-state index in [1.807, 2.05) is 45.9 Å². The molecule has 194 valence electrons. The van der Waals surface area contributed by atoms with E-state index in [0.717, 1.165) is 11.1 Å². The molecule has 0 radical (unpaired) electrons. The molecular weight excluding hydrogens is 466 g/mol. The average molecular weight is 500 g/mol. The summed E-state index contributed by atoms with van der Waals surface area (Å²) < 4.78 is 16.0. The van der Waals surface area contributed by atoms with Crippen molar-refractivity contribution in [3.8, 4) is 11.5 Å². The van der Waals surface area contributed by atoms with Gasteiger partial charge in [-0.15, -0.1) is 0 Å². The molecule has 3 amide bonds. The monoisotopic (exact) mass is 499 g/mol. The normalized spacial score (nSPS) is 11.1. The van der Waals surface area contributed by atoms with Gasteiger partial charge in [-0.1, -0.05) is 18.2 Å². The fraction of sp³-hybridized carbons (Fsp3) is 0.385. The summed E-state index contributed by atoms with van der Waals surface area (Å²) in [4.78, 5) is 49.0. The van der Waals surface area contributed by atoms with Crippen LogP contribution in [0, 0.1) is 13.8 Å². The van der Waals surface area contributed by atoms with Gasteiger partial charge in [0.25, 0.3) is 11.8 Å². The summed E-state index contributed by atoms with van der Waals surface area (Å²) in [6.45, 7) is 8.87. The maximum absolute atomic E-state index is 12.4. The van der Waals surface area contributed by atoms with Gasteiger partial charge in [0.15, 0.2) is 17.6 Å². The molecule has 0 spiro atoms. The van der Waals surface area contributed by atoms with Crippen LogP contribution in [-0.2, 0) is 19.1 Å². The molecule has 2 aromatic carbocycles.